The maximum Gasteiger partial charge on any atom is 0.115 e. The van der Waals surface area contributed by atoms with Crippen LogP contribution in [0.4, 0.5) is 0 Å². The molecule has 0 fully saturated rings. The second-order valence-electron chi connectivity index (χ2n) is 3.27. The van der Waals surface area contributed by atoms with Gasteiger partial charge in [0.05, 0.1) is 5.69 Å². The molecule has 0 aliphatic carbocycles. The molecule has 1 aromatic carbocycles. The number of aromatic nitrogens is 2. The minimum absolute atomic E-state index is 0.333. The molecule has 2 aromatic rings. The van der Waals surface area contributed by atoms with Crippen molar-refractivity contribution in [2.75, 3.05) is 0 Å². The van der Waals surface area contributed by atoms with Crippen LogP contribution in [0.5, 0.6) is 0 Å². The summed E-state index contributed by atoms with van der Waals surface area (Å²) in [4.78, 5) is 8.15. The zero-order chi connectivity index (χ0) is 9.80. The fourth-order valence-electron chi connectivity index (χ4n) is 1.47. The van der Waals surface area contributed by atoms with Crippen molar-refractivity contribution in [1.82, 2.24) is 9.97 Å². The molecule has 2 nitrogen and oxygen atoms in total. The lowest BCUT2D eigenvalue weighted by atomic mass is 9.98. The second-order valence-corrected chi connectivity index (χ2v) is 3.27. The van der Waals surface area contributed by atoms with E-state index in [4.69, 9.17) is 0 Å². The summed E-state index contributed by atoms with van der Waals surface area (Å²) in [6, 6.07) is 12.3. The average molecular weight is 184 g/mol. The van der Waals surface area contributed by atoms with E-state index in [0.29, 0.717) is 5.92 Å². The van der Waals surface area contributed by atoms with Gasteiger partial charge in [-0.1, -0.05) is 37.3 Å². The largest absolute Gasteiger partial charge is 0.245 e. The van der Waals surface area contributed by atoms with E-state index >= 15 is 0 Å². The first kappa shape index (κ1) is 8.88. The Balaban J connectivity index is 2.30. The van der Waals surface area contributed by atoms with Crippen molar-refractivity contribution in [2.24, 2.45) is 0 Å². The summed E-state index contributed by atoms with van der Waals surface area (Å²) in [7, 11) is 0. The number of benzene rings is 1. The third kappa shape index (κ3) is 1.79. The van der Waals surface area contributed by atoms with Gasteiger partial charge in [-0.3, -0.25) is 0 Å². The van der Waals surface area contributed by atoms with Crippen LogP contribution >= 0.6 is 0 Å². The van der Waals surface area contributed by atoms with Crippen molar-refractivity contribution in [3.05, 3.63) is 60.2 Å². The zero-order valence-electron chi connectivity index (χ0n) is 8.09. The van der Waals surface area contributed by atoms with Crippen molar-refractivity contribution in [2.45, 2.75) is 12.8 Å². The molecular formula is C12H12N2. The van der Waals surface area contributed by atoms with Gasteiger partial charge in [0.1, 0.15) is 6.33 Å². The van der Waals surface area contributed by atoms with E-state index in [1.165, 1.54) is 5.56 Å². The fourth-order valence-corrected chi connectivity index (χ4v) is 1.47. The lowest BCUT2D eigenvalue weighted by Crippen LogP contribution is -1.98. The Kier molecular flexibility index (Phi) is 2.54. The Morgan fingerprint density at radius 3 is 2.50 bits per heavy atom. The van der Waals surface area contributed by atoms with Crippen LogP contribution in [-0.4, -0.2) is 9.97 Å². The summed E-state index contributed by atoms with van der Waals surface area (Å²) in [5.41, 5.74) is 2.34. The third-order valence-corrected chi connectivity index (χ3v) is 2.35. The van der Waals surface area contributed by atoms with Crippen molar-refractivity contribution < 1.29 is 0 Å². The Hall–Kier alpha value is -1.70. The van der Waals surface area contributed by atoms with E-state index in [2.05, 4.69) is 29.0 Å². The summed E-state index contributed by atoms with van der Waals surface area (Å²) in [6.45, 7) is 2.15. The highest BCUT2D eigenvalue weighted by molar-refractivity contribution is 5.26. The number of hydrogen-bond acceptors (Lipinski definition) is 2. The fraction of sp³-hybridized carbons (Fsp3) is 0.167. The molecule has 0 spiro atoms. The minimum Gasteiger partial charge on any atom is -0.245 e. The van der Waals surface area contributed by atoms with E-state index in [-0.39, 0.29) is 0 Å². The van der Waals surface area contributed by atoms with E-state index in [1.807, 2.05) is 24.3 Å². The van der Waals surface area contributed by atoms with Crippen molar-refractivity contribution in [3.63, 3.8) is 0 Å². The first-order chi connectivity index (χ1) is 6.88. The van der Waals surface area contributed by atoms with Crippen LogP contribution in [-0.2, 0) is 0 Å². The summed E-state index contributed by atoms with van der Waals surface area (Å²) in [5, 5.41) is 0. The zero-order valence-corrected chi connectivity index (χ0v) is 8.09. The second kappa shape index (κ2) is 4.01. The molecule has 14 heavy (non-hydrogen) atoms. The van der Waals surface area contributed by atoms with Gasteiger partial charge in [-0.05, 0) is 11.6 Å². The van der Waals surface area contributed by atoms with Gasteiger partial charge in [-0.2, -0.15) is 0 Å². The van der Waals surface area contributed by atoms with Gasteiger partial charge in [0, 0.05) is 12.1 Å². The molecule has 0 saturated heterocycles. The highest BCUT2D eigenvalue weighted by atomic mass is 14.8. The molecule has 2 rings (SSSR count). The van der Waals surface area contributed by atoms with Crippen LogP contribution in [0, 0.1) is 0 Å². The van der Waals surface area contributed by atoms with Crippen molar-refractivity contribution in [3.8, 4) is 0 Å². The Morgan fingerprint density at radius 1 is 1.07 bits per heavy atom. The molecule has 1 atom stereocenters. The standard InChI is InChI=1S/C12H12N2/c1-10(11-5-3-2-4-6-11)12-7-8-13-9-14-12/h2-10H,1H3/t10-/m0/s1. The van der Waals surface area contributed by atoms with E-state index in [0.717, 1.165) is 5.69 Å². The normalized spacial score (nSPS) is 12.4. The molecule has 2 heteroatoms. The molecule has 0 bridgehead atoms. The molecule has 0 aliphatic rings. The maximum absolute atomic E-state index is 4.24. The van der Waals surface area contributed by atoms with E-state index < -0.39 is 0 Å². The maximum atomic E-state index is 4.24. The van der Waals surface area contributed by atoms with Crippen LogP contribution in [0.15, 0.2) is 48.9 Å². The molecule has 70 valence electrons. The van der Waals surface area contributed by atoms with Gasteiger partial charge in [0.2, 0.25) is 0 Å². The van der Waals surface area contributed by atoms with Gasteiger partial charge in [0.25, 0.3) is 0 Å². The Labute approximate surface area is 83.7 Å². The lowest BCUT2D eigenvalue weighted by Gasteiger charge is -2.09. The minimum atomic E-state index is 0.333. The quantitative estimate of drug-likeness (QED) is 0.717. The molecule has 0 amide bonds. The van der Waals surface area contributed by atoms with Crippen molar-refractivity contribution >= 4 is 0 Å². The van der Waals surface area contributed by atoms with Gasteiger partial charge in [0.15, 0.2) is 0 Å². The molecular weight excluding hydrogens is 172 g/mol. The van der Waals surface area contributed by atoms with Crippen LogP contribution < -0.4 is 0 Å². The van der Waals surface area contributed by atoms with Gasteiger partial charge in [-0.15, -0.1) is 0 Å². The number of rotatable bonds is 2. The monoisotopic (exact) mass is 184 g/mol. The number of hydrogen-bond donors (Lipinski definition) is 0. The highest BCUT2D eigenvalue weighted by Gasteiger charge is 2.07. The van der Waals surface area contributed by atoms with E-state index in [1.54, 1.807) is 12.5 Å². The van der Waals surface area contributed by atoms with Gasteiger partial charge >= 0.3 is 0 Å². The Bertz CT molecular complexity index is 344. The van der Waals surface area contributed by atoms with Crippen molar-refractivity contribution in [1.29, 1.82) is 0 Å². The molecule has 0 saturated carbocycles. The molecule has 1 heterocycles. The first-order valence-corrected chi connectivity index (χ1v) is 4.69. The summed E-state index contributed by atoms with van der Waals surface area (Å²) in [5.74, 6) is 0.333. The Morgan fingerprint density at radius 2 is 1.86 bits per heavy atom. The van der Waals surface area contributed by atoms with Crippen LogP contribution in [0.1, 0.15) is 24.1 Å². The summed E-state index contributed by atoms with van der Waals surface area (Å²) < 4.78 is 0. The average Bonchev–Trinajstić information content (AvgIpc) is 2.30. The lowest BCUT2D eigenvalue weighted by molar-refractivity contribution is 0.859. The molecule has 0 radical (unpaired) electrons. The molecule has 0 unspecified atom stereocenters. The van der Waals surface area contributed by atoms with Gasteiger partial charge < -0.3 is 0 Å². The van der Waals surface area contributed by atoms with Crippen LogP contribution in [0.25, 0.3) is 0 Å². The molecule has 0 aliphatic heterocycles. The highest BCUT2D eigenvalue weighted by Crippen LogP contribution is 2.20. The van der Waals surface area contributed by atoms with Crippen LogP contribution in [0.3, 0.4) is 0 Å². The first-order valence-electron chi connectivity index (χ1n) is 4.69. The predicted octanol–water partition coefficient (Wildman–Crippen LogP) is 2.63. The SMILES string of the molecule is C[C@@H](c1ccccc1)c1ccncn1. The van der Waals surface area contributed by atoms with Crippen LogP contribution in [0.2, 0.25) is 0 Å². The topological polar surface area (TPSA) is 25.8 Å². The summed E-state index contributed by atoms with van der Waals surface area (Å²) >= 11 is 0. The molecule has 0 N–H and O–H groups in total. The van der Waals surface area contributed by atoms with E-state index in [9.17, 15) is 0 Å². The number of nitrogens with zero attached hydrogens (tertiary/aromatic N) is 2. The summed E-state index contributed by atoms with van der Waals surface area (Å²) in [6.07, 6.45) is 3.37. The molecule has 1 aromatic heterocycles. The van der Waals surface area contributed by atoms with Gasteiger partial charge in [-0.25, -0.2) is 9.97 Å². The smallest absolute Gasteiger partial charge is 0.115 e. The predicted molar refractivity (Wildman–Crippen MR) is 56.0 cm³/mol. The third-order valence-electron chi connectivity index (χ3n) is 2.35.